The minimum Gasteiger partial charge on any atom is -0.325 e. The normalized spacial score (nSPS) is 16.2. The van der Waals surface area contributed by atoms with Gasteiger partial charge in [0.25, 0.3) is 0 Å². The highest BCUT2D eigenvalue weighted by atomic mass is 14.7. The van der Waals surface area contributed by atoms with Crippen molar-refractivity contribution < 1.29 is 0 Å². The lowest BCUT2D eigenvalue weighted by atomic mass is 9.84. The smallest absolute Gasteiger partial charge is 0.0151 e. The zero-order valence-corrected chi connectivity index (χ0v) is 9.90. The first-order valence-electron chi connectivity index (χ1n) is 5.83. The van der Waals surface area contributed by atoms with Crippen LogP contribution in [0, 0.1) is 5.92 Å². The third-order valence-electron chi connectivity index (χ3n) is 2.95. The Balaban J connectivity index is 3.81. The summed E-state index contributed by atoms with van der Waals surface area (Å²) >= 11 is 0. The van der Waals surface area contributed by atoms with E-state index in [4.69, 9.17) is 5.73 Å². The molecule has 1 heteroatoms. The van der Waals surface area contributed by atoms with Gasteiger partial charge in [-0.1, -0.05) is 40.5 Å². The van der Waals surface area contributed by atoms with E-state index < -0.39 is 0 Å². The molecular weight excluding hydrogens is 158 g/mol. The van der Waals surface area contributed by atoms with Crippen molar-refractivity contribution in [3.8, 4) is 0 Å². The highest BCUT2D eigenvalue weighted by Gasteiger charge is 2.21. The lowest BCUT2D eigenvalue weighted by molar-refractivity contribution is 0.316. The van der Waals surface area contributed by atoms with Crippen molar-refractivity contribution in [1.82, 2.24) is 0 Å². The molecule has 1 atom stereocenters. The van der Waals surface area contributed by atoms with Crippen molar-refractivity contribution in [2.45, 2.75) is 71.8 Å². The van der Waals surface area contributed by atoms with Crippen molar-refractivity contribution in [3.05, 3.63) is 0 Å². The van der Waals surface area contributed by atoms with Crippen LogP contribution in [-0.4, -0.2) is 5.54 Å². The average Bonchev–Trinajstić information content (AvgIpc) is 2.11. The Morgan fingerprint density at radius 3 is 2.15 bits per heavy atom. The van der Waals surface area contributed by atoms with E-state index in [1.165, 1.54) is 32.1 Å². The third-order valence-corrected chi connectivity index (χ3v) is 2.95. The summed E-state index contributed by atoms with van der Waals surface area (Å²) in [5.41, 5.74) is 6.46. The summed E-state index contributed by atoms with van der Waals surface area (Å²) in [5, 5.41) is 0. The SMILES string of the molecule is CCCCC(N)(CC)CCC(C)C. The van der Waals surface area contributed by atoms with Gasteiger partial charge in [0, 0.05) is 5.54 Å². The van der Waals surface area contributed by atoms with Gasteiger partial charge in [-0.05, 0) is 31.6 Å². The van der Waals surface area contributed by atoms with Crippen LogP contribution in [0.1, 0.15) is 66.2 Å². The van der Waals surface area contributed by atoms with E-state index in [1.54, 1.807) is 0 Å². The molecule has 0 aromatic heterocycles. The van der Waals surface area contributed by atoms with Gasteiger partial charge in [0.05, 0.1) is 0 Å². The third kappa shape index (κ3) is 6.09. The molecule has 13 heavy (non-hydrogen) atoms. The van der Waals surface area contributed by atoms with Crippen LogP contribution in [0.25, 0.3) is 0 Å². The summed E-state index contributed by atoms with van der Waals surface area (Å²) in [6.07, 6.45) is 7.34. The fourth-order valence-electron chi connectivity index (χ4n) is 1.58. The van der Waals surface area contributed by atoms with E-state index in [-0.39, 0.29) is 5.54 Å². The molecule has 0 saturated heterocycles. The van der Waals surface area contributed by atoms with E-state index in [2.05, 4.69) is 27.7 Å². The van der Waals surface area contributed by atoms with Gasteiger partial charge in [-0.25, -0.2) is 0 Å². The van der Waals surface area contributed by atoms with Gasteiger partial charge in [-0.2, -0.15) is 0 Å². The lowest BCUT2D eigenvalue weighted by Crippen LogP contribution is -2.39. The maximum Gasteiger partial charge on any atom is 0.0151 e. The Morgan fingerprint density at radius 1 is 1.15 bits per heavy atom. The maximum absolute atomic E-state index is 6.33. The van der Waals surface area contributed by atoms with Gasteiger partial charge in [0.15, 0.2) is 0 Å². The maximum atomic E-state index is 6.33. The second-order valence-corrected chi connectivity index (χ2v) is 4.75. The van der Waals surface area contributed by atoms with Crippen LogP contribution >= 0.6 is 0 Å². The molecule has 0 radical (unpaired) electrons. The van der Waals surface area contributed by atoms with Crippen LogP contribution in [-0.2, 0) is 0 Å². The molecule has 0 amide bonds. The molecule has 0 aliphatic heterocycles. The summed E-state index contributed by atoms with van der Waals surface area (Å²) in [7, 11) is 0. The van der Waals surface area contributed by atoms with Crippen LogP contribution in [0.15, 0.2) is 0 Å². The molecule has 0 heterocycles. The average molecular weight is 185 g/mol. The topological polar surface area (TPSA) is 26.0 Å². The standard InChI is InChI=1S/C12H27N/c1-5-7-9-12(13,6-2)10-8-11(3)4/h11H,5-10,13H2,1-4H3. The molecule has 0 aromatic carbocycles. The highest BCUT2D eigenvalue weighted by Crippen LogP contribution is 2.23. The van der Waals surface area contributed by atoms with Crippen LogP contribution in [0.3, 0.4) is 0 Å². The fraction of sp³-hybridized carbons (Fsp3) is 1.00. The van der Waals surface area contributed by atoms with Gasteiger partial charge in [-0.15, -0.1) is 0 Å². The Morgan fingerprint density at radius 2 is 1.77 bits per heavy atom. The molecule has 0 spiro atoms. The lowest BCUT2D eigenvalue weighted by Gasteiger charge is -2.29. The molecule has 0 fully saturated rings. The summed E-state index contributed by atoms with van der Waals surface area (Å²) in [6.45, 7) is 9.00. The molecule has 0 aromatic rings. The van der Waals surface area contributed by atoms with Crippen molar-refractivity contribution in [2.24, 2.45) is 11.7 Å². The van der Waals surface area contributed by atoms with Crippen LogP contribution in [0.5, 0.6) is 0 Å². The molecule has 0 saturated carbocycles. The van der Waals surface area contributed by atoms with Crippen molar-refractivity contribution in [2.75, 3.05) is 0 Å². The number of hydrogen-bond donors (Lipinski definition) is 1. The summed E-state index contributed by atoms with van der Waals surface area (Å²) in [5.74, 6) is 0.788. The van der Waals surface area contributed by atoms with Crippen molar-refractivity contribution >= 4 is 0 Å². The van der Waals surface area contributed by atoms with E-state index in [0.717, 1.165) is 12.3 Å². The number of nitrogens with two attached hydrogens (primary N) is 1. The summed E-state index contributed by atoms with van der Waals surface area (Å²) in [4.78, 5) is 0. The molecule has 1 unspecified atom stereocenters. The quantitative estimate of drug-likeness (QED) is 0.642. The van der Waals surface area contributed by atoms with Crippen molar-refractivity contribution in [3.63, 3.8) is 0 Å². The fourth-order valence-corrected chi connectivity index (χ4v) is 1.58. The molecule has 0 aliphatic carbocycles. The van der Waals surface area contributed by atoms with Crippen LogP contribution in [0.4, 0.5) is 0 Å². The monoisotopic (exact) mass is 185 g/mol. The van der Waals surface area contributed by atoms with Crippen molar-refractivity contribution in [1.29, 1.82) is 0 Å². The minimum atomic E-state index is 0.125. The number of unbranched alkanes of at least 4 members (excludes halogenated alkanes) is 1. The number of hydrogen-bond acceptors (Lipinski definition) is 1. The summed E-state index contributed by atoms with van der Waals surface area (Å²) < 4.78 is 0. The largest absolute Gasteiger partial charge is 0.325 e. The first kappa shape index (κ1) is 13.0. The molecule has 0 bridgehead atoms. The molecule has 1 nitrogen and oxygen atoms in total. The first-order valence-corrected chi connectivity index (χ1v) is 5.83. The van der Waals surface area contributed by atoms with Crippen LogP contribution in [0.2, 0.25) is 0 Å². The van der Waals surface area contributed by atoms with E-state index in [9.17, 15) is 0 Å². The predicted molar refractivity (Wildman–Crippen MR) is 60.8 cm³/mol. The second kappa shape index (κ2) is 6.42. The predicted octanol–water partition coefficient (Wildman–Crippen LogP) is 3.72. The van der Waals surface area contributed by atoms with E-state index in [1.807, 2.05) is 0 Å². The molecule has 0 rings (SSSR count). The molecule has 80 valence electrons. The number of rotatable bonds is 7. The zero-order chi connectivity index (χ0) is 10.3. The van der Waals surface area contributed by atoms with Gasteiger partial charge in [-0.3, -0.25) is 0 Å². The Kier molecular flexibility index (Phi) is 6.40. The van der Waals surface area contributed by atoms with Crippen LogP contribution < -0.4 is 5.73 Å². The van der Waals surface area contributed by atoms with E-state index in [0.29, 0.717) is 0 Å². The molecule has 2 N–H and O–H groups in total. The van der Waals surface area contributed by atoms with Gasteiger partial charge < -0.3 is 5.73 Å². The van der Waals surface area contributed by atoms with E-state index >= 15 is 0 Å². The zero-order valence-electron chi connectivity index (χ0n) is 9.90. The first-order chi connectivity index (χ1) is 6.04. The highest BCUT2D eigenvalue weighted by molar-refractivity contribution is 4.82. The summed E-state index contributed by atoms with van der Waals surface area (Å²) in [6, 6.07) is 0. The Labute approximate surface area is 84.1 Å². The van der Waals surface area contributed by atoms with Gasteiger partial charge >= 0.3 is 0 Å². The molecular formula is C12H27N. The second-order valence-electron chi connectivity index (χ2n) is 4.75. The van der Waals surface area contributed by atoms with Gasteiger partial charge in [0.2, 0.25) is 0 Å². The van der Waals surface area contributed by atoms with Gasteiger partial charge in [0.1, 0.15) is 0 Å². The Hall–Kier alpha value is -0.0400. The minimum absolute atomic E-state index is 0.125. The molecule has 0 aliphatic rings. The Bertz CT molecular complexity index is 120.